The van der Waals surface area contributed by atoms with E-state index in [0.29, 0.717) is 0 Å². The first-order chi connectivity index (χ1) is 17.0. The van der Waals surface area contributed by atoms with Crippen LogP contribution in [0.1, 0.15) is 0 Å². The van der Waals surface area contributed by atoms with Gasteiger partial charge >= 0.3 is 45.8 Å². The zero-order valence-electron chi connectivity index (χ0n) is 19.1. The largest absolute Gasteiger partial charge is 0.406 e. The maximum absolute atomic E-state index is 13.1. The molecule has 9 unspecified atom stereocenters. The normalized spacial score (nSPS) is 26.3. The van der Waals surface area contributed by atoms with E-state index in [2.05, 4.69) is 12.9 Å². The van der Waals surface area contributed by atoms with Gasteiger partial charge in [0, 0.05) is 0 Å². The predicted molar refractivity (Wildman–Crippen MR) is 136 cm³/mol. The summed E-state index contributed by atoms with van der Waals surface area (Å²) in [7, 11) is -48.6. The quantitative estimate of drug-likeness (QED) is 0.0525. The van der Waals surface area contributed by atoms with Crippen molar-refractivity contribution in [2.75, 3.05) is 17.7 Å². The van der Waals surface area contributed by atoms with Gasteiger partial charge in [0.05, 0.1) is 0 Å². The molecule has 21 N–H and O–H groups in total. The van der Waals surface area contributed by atoms with Crippen LogP contribution in [0.5, 0.6) is 0 Å². The van der Waals surface area contributed by atoms with E-state index in [4.69, 9.17) is 33.0 Å². The second-order valence-corrected chi connectivity index (χ2v) is 25.2. The number of rotatable bonds is 18. The maximum Gasteiger partial charge on any atom is 0.406 e. The highest BCUT2D eigenvalue weighted by Crippen LogP contribution is 2.65. The molecule has 0 saturated heterocycles. The van der Waals surface area contributed by atoms with Gasteiger partial charge < -0.3 is 29.4 Å². The maximum atomic E-state index is 13.1. The number of hydrogen-bond acceptors (Lipinski definition) is 13. The Morgan fingerprint density at radius 3 is 0.750 bits per heavy atom. The highest BCUT2D eigenvalue weighted by atomic mass is 31.3. The van der Waals surface area contributed by atoms with Gasteiger partial charge in [-0.1, -0.05) is 5.23 Å². The van der Waals surface area contributed by atoms with Crippen molar-refractivity contribution in [2.45, 2.75) is 0 Å². The average molecular weight is 770 g/mol. The molecule has 0 radical (unpaired) electrons. The smallest absolute Gasteiger partial charge is 0.333 e. The van der Waals surface area contributed by atoms with Gasteiger partial charge in [0.25, 0.3) is 22.6 Å². The Kier molecular flexibility index (Phi) is 14.2. The van der Waals surface area contributed by atoms with E-state index in [9.17, 15) is 70.4 Å². The Balaban J connectivity index is 7.17. The number of hydrazine groups is 3. The minimum atomic E-state index is -5.63. The lowest BCUT2D eigenvalue weighted by molar-refractivity contribution is 0.150. The molecule has 0 saturated carbocycles. The molecule has 40 heavy (non-hydrogen) atoms. The van der Waals surface area contributed by atoms with Gasteiger partial charge in [-0.3, -0.25) is 43.9 Å². The third-order valence-corrected chi connectivity index (χ3v) is 19.5. The summed E-state index contributed by atoms with van der Waals surface area (Å²) in [6.07, 6.45) is 0. The van der Waals surface area contributed by atoms with Crippen LogP contribution in [0, 0.1) is 0 Å². The van der Waals surface area contributed by atoms with Gasteiger partial charge in [-0.15, -0.1) is 15.6 Å². The molecular formula is C3H27N10O18P9. The Morgan fingerprint density at radius 2 is 0.625 bits per heavy atom. The first-order valence-electron chi connectivity index (χ1n) is 8.73. The van der Waals surface area contributed by atoms with Crippen molar-refractivity contribution < 1.29 is 83.4 Å². The molecule has 0 rings (SSSR count). The molecule has 0 aliphatic rings. The number of nitrogens with zero attached hydrogens (tertiary/aromatic N) is 1. The molecular weight excluding hydrogens is 743 g/mol. The first-order valence-corrected chi connectivity index (χ1v) is 24.8. The molecule has 0 aromatic heterocycles. The van der Waals surface area contributed by atoms with Gasteiger partial charge in [0.2, 0.25) is 0 Å². The molecule has 0 aliphatic carbocycles. The Morgan fingerprint density at radius 1 is 0.450 bits per heavy atom. The monoisotopic (exact) mass is 770 g/mol. The lowest BCUT2D eigenvalue weighted by Gasteiger charge is -2.34. The van der Waals surface area contributed by atoms with Crippen LogP contribution in [0.4, 0.5) is 0 Å². The average Bonchev–Trinajstić information content (AvgIpc) is 2.39. The van der Waals surface area contributed by atoms with Gasteiger partial charge in [0.1, 0.15) is 17.7 Å². The van der Waals surface area contributed by atoms with Crippen molar-refractivity contribution in [1.29, 1.82) is 0 Å². The van der Waals surface area contributed by atoms with E-state index in [1.165, 1.54) is 15.6 Å². The van der Waals surface area contributed by atoms with Crippen LogP contribution >= 0.6 is 68.4 Å². The molecule has 0 spiro atoms. The molecule has 0 fully saturated rings. The van der Waals surface area contributed by atoms with Crippen molar-refractivity contribution in [2.24, 2.45) is 33.0 Å². The molecule has 9 atom stereocenters. The van der Waals surface area contributed by atoms with Crippen LogP contribution in [0.2, 0.25) is 0 Å². The van der Waals surface area contributed by atoms with Crippen molar-refractivity contribution in [3.8, 4) is 0 Å². The van der Waals surface area contributed by atoms with E-state index in [-0.39, 0.29) is 0 Å². The molecule has 0 aromatic rings. The summed E-state index contributed by atoms with van der Waals surface area (Å²) in [5.41, 5.74) is 28.7. The predicted octanol–water partition coefficient (Wildman–Crippen LogP) is -2.09. The minimum absolute atomic E-state index is 0.649. The summed E-state index contributed by atoms with van der Waals surface area (Å²) in [6.45, 7) is 0. The molecule has 37 heteroatoms. The van der Waals surface area contributed by atoms with Gasteiger partial charge in [-0.25, -0.2) is 43.1 Å². The molecule has 28 nitrogen and oxygen atoms in total. The Hall–Kier alpha value is 1.31. The molecule has 0 bridgehead atoms. The fourth-order valence-electron chi connectivity index (χ4n) is 2.12. The molecule has 0 aromatic carbocycles. The van der Waals surface area contributed by atoms with Crippen LogP contribution in [-0.2, 0) is 54.0 Å². The lowest BCUT2D eigenvalue weighted by Crippen LogP contribution is -2.53. The number of hydrogen-bond donors (Lipinski definition) is 15. The summed E-state index contributed by atoms with van der Waals surface area (Å²) in [6, 6.07) is 0. The van der Waals surface area contributed by atoms with Crippen molar-refractivity contribution >= 4 is 68.4 Å². The second-order valence-electron chi connectivity index (χ2n) is 7.28. The number of nitrogens with two attached hydrogens (primary N) is 6. The summed E-state index contributed by atoms with van der Waals surface area (Å²) >= 11 is 0. The third-order valence-electron chi connectivity index (χ3n) is 2.67. The highest BCUT2D eigenvalue weighted by Gasteiger charge is 2.46. The van der Waals surface area contributed by atoms with Crippen LogP contribution in [0.15, 0.2) is 0 Å². The van der Waals surface area contributed by atoms with Gasteiger partial charge in [-0.05, 0) is 0 Å². The van der Waals surface area contributed by atoms with E-state index in [0.717, 1.165) is 0 Å². The van der Waals surface area contributed by atoms with Crippen molar-refractivity contribution in [3.63, 3.8) is 0 Å². The zero-order chi connectivity index (χ0) is 32.4. The summed E-state index contributed by atoms with van der Waals surface area (Å²) in [4.78, 5) is 56.0. The van der Waals surface area contributed by atoms with Crippen LogP contribution < -0.4 is 48.6 Å². The summed E-state index contributed by atoms with van der Waals surface area (Å²) in [5, 5.41) is 3.15. The summed E-state index contributed by atoms with van der Waals surface area (Å²) in [5.74, 6) is -5.69. The fraction of sp³-hybridized carbons (Fsp3) is 1.00. The van der Waals surface area contributed by atoms with Crippen molar-refractivity contribution in [1.82, 2.24) is 20.8 Å². The van der Waals surface area contributed by atoms with Gasteiger partial charge in [-0.2, -0.15) is 0 Å². The minimum Gasteiger partial charge on any atom is -0.333 e. The molecule has 0 aliphatic heterocycles. The van der Waals surface area contributed by atoms with Crippen LogP contribution in [-0.4, -0.2) is 52.3 Å². The standard InChI is InChI=1S/C3H27N10O18P9/c4-32(14,15)1-35(20,29-38(7,23)24)10-13(11-36(21,2-33(5,16)17)30-39(8,25)26)12-37(22,3-34(6,18)19)31-40(9,27)28/h1-3H2,(H,10,20)(H,11,21)(H,12,22)(H3,4,14,15)(H3,5,16,17)(H3,6,18,19)(H3,7,23,24)(H3,8,25,26)(H3,9,27,28). The second kappa shape index (κ2) is 13.7. The topological polar surface area (TPSA) is 498 Å². The zero-order valence-corrected chi connectivity index (χ0v) is 27.2. The van der Waals surface area contributed by atoms with E-state index < -0.39 is 91.3 Å². The van der Waals surface area contributed by atoms with E-state index >= 15 is 0 Å². The van der Waals surface area contributed by atoms with Crippen LogP contribution in [0.25, 0.3) is 0 Å². The Labute approximate surface area is 223 Å². The van der Waals surface area contributed by atoms with E-state index in [1.54, 1.807) is 0 Å². The van der Waals surface area contributed by atoms with E-state index in [1.807, 2.05) is 0 Å². The SMILES string of the molecule is NP(=O)(O)CP(=O)(NN(NP(=O)(CP(N)(=O)O)OP(N)(=O)O)NP(=O)(CP(N)(=O)O)OP(N)(=O)O)OP(N)(=O)O. The first kappa shape index (κ1) is 41.3. The number of nitrogens with one attached hydrogen (secondary N) is 3. The van der Waals surface area contributed by atoms with Crippen molar-refractivity contribution in [3.05, 3.63) is 0 Å². The Bertz CT molecular complexity index is 1100. The summed E-state index contributed by atoms with van der Waals surface area (Å²) < 4.78 is 121. The lowest BCUT2D eigenvalue weighted by atomic mass is 11.9. The van der Waals surface area contributed by atoms with Crippen LogP contribution in [0.3, 0.4) is 0 Å². The van der Waals surface area contributed by atoms with Gasteiger partial charge in [0.15, 0.2) is 0 Å². The molecule has 0 heterocycles. The third kappa shape index (κ3) is 21.1. The molecule has 0 amide bonds. The highest BCUT2D eigenvalue weighted by molar-refractivity contribution is 7.78. The fourth-order valence-corrected chi connectivity index (χ4v) is 17.7. The molecule has 242 valence electrons.